The number of ether oxygens (including phenoxy) is 4. The number of nitrogens with one attached hydrogen (secondary N) is 1. The second-order valence-corrected chi connectivity index (χ2v) is 6.27. The molecule has 0 saturated carbocycles. The third-order valence-electron chi connectivity index (χ3n) is 3.96. The fourth-order valence-corrected chi connectivity index (χ4v) is 2.53. The third kappa shape index (κ3) is 14.1. The molecule has 1 unspecified atom stereocenters. The van der Waals surface area contributed by atoms with Crippen LogP contribution in [-0.2, 0) is 18.9 Å². The molecule has 0 heterocycles. The molecule has 1 aliphatic carbocycles. The van der Waals surface area contributed by atoms with Gasteiger partial charge in [-0.2, -0.15) is 0 Å². The summed E-state index contributed by atoms with van der Waals surface area (Å²) in [7, 11) is 0. The van der Waals surface area contributed by atoms with Crippen LogP contribution < -0.4 is 11.1 Å². The Morgan fingerprint density at radius 1 is 0.923 bits per heavy atom. The molecule has 1 aliphatic rings. The van der Waals surface area contributed by atoms with Gasteiger partial charge in [0.05, 0.1) is 26.4 Å². The largest absolute Gasteiger partial charge is 0.446 e. The minimum atomic E-state index is -0.322. The number of alkyl carbamates (subject to hydrolysis) is 1. The molecule has 1 atom stereocenters. The van der Waals surface area contributed by atoms with Crippen LogP contribution in [0.25, 0.3) is 0 Å². The predicted octanol–water partition coefficient (Wildman–Crippen LogP) is 2.39. The molecule has 0 bridgehead atoms. The summed E-state index contributed by atoms with van der Waals surface area (Å²) in [6, 6.07) is 0. The molecule has 0 aromatic heterocycles. The number of rotatable bonds is 14. The Bertz CT molecular complexity index is 366. The number of hydrogen-bond acceptors (Lipinski definition) is 6. The summed E-state index contributed by atoms with van der Waals surface area (Å²) in [4.78, 5) is 11.8. The average Bonchev–Trinajstić information content (AvgIpc) is 2.61. The zero-order valence-electron chi connectivity index (χ0n) is 16.0. The molecular formula is C19H36N2O5. The van der Waals surface area contributed by atoms with E-state index in [0.29, 0.717) is 52.7 Å². The molecule has 0 spiro atoms. The first-order valence-electron chi connectivity index (χ1n) is 9.85. The molecule has 0 fully saturated rings. The van der Waals surface area contributed by atoms with Gasteiger partial charge in [0.1, 0.15) is 6.10 Å². The minimum absolute atomic E-state index is 0.0348. The first-order valence-corrected chi connectivity index (χ1v) is 9.85. The lowest BCUT2D eigenvalue weighted by Crippen LogP contribution is -2.30. The van der Waals surface area contributed by atoms with E-state index in [0.717, 1.165) is 44.9 Å². The zero-order chi connectivity index (χ0) is 18.7. The smallest absolute Gasteiger partial charge is 0.407 e. The molecule has 0 aliphatic heterocycles. The first kappa shape index (κ1) is 22.9. The van der Waals surface area contributed by atoms with Crippen molar-refractivity contribution in [2.24, 2.45) is 5.73 Å². The lowest BCUT2D eigenvalue weighted by molar-refractivity contribution is 0.0140. The zero-order valence-corrected chi connectivity index (χ0v) is 16.0. The van der Waals surface area contributed by atoms with Crippen LogP contribution in [0.3, 0.4) is 0 Å². The van der Waals surface area contributed by atoms with E-state index >= 15 is 0 Å². The maximum absolute atomic E-state index is 11.8. The second-order valence-electron chi connectivity index (χ2n) is 6.27. The summed E-state index contributed by atoms with van der Waals surface area (Å²) >= 11 is 0. The molecule has 1 rings (SSSR count). The summed E-state index contributed by atoms with van der Waals surface area (Å²) in [6.45, 7) is 4.73. The fraction of sp³-hybridized carbons (Fsp3) is 0.842. The van der Waals surface area contributed by atoms with Gasteiger partial charge in [0.2, 0.25) is 0 Å². The number of amides is 1. The summed E-state index contributed by atoms with van der Waals surface area (Å²) in [5.74, 6) is 0. The van der Waals surface area contributed by atoms with Crippen LogP contribution in [0.5, 0.6) is 0 Å². The molecule has 0 aromatic carbocycles. The summed E-state index contributed by atoms with van der Waals surface area (Å²) in [5.41, 5.74) is 5.37. The molecule has 1 amide bonds. The molecular weight excluding hydrogens is 336 g/mol. The number of nitrogens with two attached hydrogens (primary N) is 1. The standard InChI is InChI=1S/C19H36N2O5/c20-10-6-12-23-14-16-25-17-15-24-13-7-11-21-19(22)26-18-8-4-2-1-3-5-9-18/h1-2,18H,3-17,20H2,(H,21,22)/b2-1-. The van der Waals surface area contributed by atoms with Gasteiger partial charge in [-0.15, -0.1) is 0 Å². The fourth-order valence-electron chi connectivity index (χ4n) is 2.53. The van der Waals surface area contributed by atoms with Gasteiger partial charge in [-0.3, -0.25) is 0 Å². The van der Waals surface area contributed by atoms with Crippen molar-refractivity contribution < 1.29 is 23.7 Å². The van der Waals surface area contributed by atoms with Crippen LogP contribution in [0.4, 0.5) is 4.79 Å². The topological polar surface area (TPSA) is 92.0 Å². The maximum Gasteiger partial charge on any atom is 0.407 e. The van der Waals surface area contributed by atoms with Crippen LogP contribution in [-0.4, -0.2) is 64.9 Å². The molecule has 7 nitrogen and oxygen atoms in total. The van der Waals surface area contributed by atoms with E-state index in [9.17, 15) is 4.79 Å². The molecule has 26 heavy (non-hydrogen) atoms. The normalized spacial score (nSPS) is 18.7. The lowest BCUT2D eigenvalue weighted by atomic mass is 10.0. The third-order valence-corrected chi connectivity index (χ3v) is 3.96. The number of carbonyl (C=O) groups excluding carboxylic acids is 1. The van der Waals surface area contributed by atoms with E-state index < -0.39 is 0 Å². The quantitative estimate of drug-likeness (QED) is 0.359. The Morgan fingerprint density at radius 3 is 2.31 bits per heavy atom. The first-order chi connectivity index (χ1) is 12.8. The maximum atomic E-state index is 11.8. The van der Waals surface area contributed by atoms with Crippen molar-refractivity contribution in [3.8, 4) is 0 Å². The number of hydrogen-bond donors (Lipinski definition) is 2. The average molecular weight is 373 g/mol. The second kappa shape index (κ2) is 17.3. The summed E-state index contributed by atoms with van der Waals surface area (Å²) in [5, 5.41) is 2.79. The summed E-state index contributed by atoms with van der Waals surface area (Å²) < 4.78 is 21.6. The van der Waals surface area contributed by atoms with Gasteiger partial charge < -0.3 is 30.0 Å². The van der Waals surface area contributed by atoms with Crippen LogP contribution in [0.15, 0.2) is 12.2 Å². The Balaban J connectivity index is 1.83. The SMILES string of the molecule is NCCCOCCOCCOCCCNC(=O)OC1CC/C=C\CCC1. The monoisotopic (exact) mass is 372 g/mol. The molecule has 0 radical (unpaired) electrons. The van der Waals surface area contributed by atoms with E-state index in [1.807, 2.05) is 0 Å². The predicted molar refractivity (Wildman–Crippen MR) is 101 cm³/mol. The minimum Gasteiger partial charge on any atom is -0.446 e. The Kier molecular flexibility index (Phi) is 15.2. The molecule has 7 heteroatoms. The van der Waals surface area contributed by atoms with Gasteiger partial charge in [0.25, 0.3) is 0 Å². The van der Waals surface area contributed by atoms with E-state index in [-0.39, 0.29) is 12.2 Å². The van der Waals surface area contributed by atoms with Gasteiger partial charge in [0.15, 0.2) is 0 Å². The van der Waals surface area contributed by atoms with Crippen molar-refractivity contribution >= 4 is 6.09 Å². The van der Waals surface area contributed by atoms with Crippen molar-refractivity contribution in [2.75, 3.05) is 52.7 Å². The van der Waals surface area contributed by atoms with Gasteiger partial charge in [-0.05, 0) is 51.5 Å². The highest BCUT2D eigenvalue weighted by molar-refractivity contribution is 5.67. The summed E-state index contributed by atoms with van der Waals surface area (Å²) in [6.07, 6.45) is 10.7. The van der Waals surface area contributed by atoms with Crippen molar-refractivity contribution in [1.82, 2.24) is 5.32 Å². The van der Waals surface area contributed by atoms with E-state index in [1.165, 1.54) is 0 Å². The van der Waals surface area contributed by atoms with Crippen LogP contribution in [0, 0.1) is 0 Å². The molecule has 0 saturated heterocycles. The molecule has 0 aromatic rings. The molecule has 152 valence electrons. The highest BCUT2D eigenvalue weighted by atomic mass is 16.6. The number of carbonyl (C=O) groups is 1. The van der Waals surface area contributed by atoms with E-state index in [2.05, 4.69) is 17.5 Å². The van der Waals surface area contributed by atoms with Crippen molar-refractivity contribution in [1.29, 1.82) is 0 Å². The van der Waals surface area contributed by atoms with Crippen molar-refractivity contribution in [3.05, 3.63) is 12.2 Å². The van der Waals surface area contributed by atoms with Gasteiger partial charge in [-0.1, -0.05) is 12.2 Å². The highest BCUT2D eigenvalue weighted by Gasteiger charge is 2.14. The van der Waals surface area contributed by atoms with Crippen molar-refractivity contribution in [3.63, 3.8) is 0 Å². The van der Waals surface area contributed by atoms with E-state index in [1.54, 1.807) is 0 Å². The van der Waals surface area contributed by atoms with Gasteiger partial charge >= 0.3 is 6.09 Å². The lowest BCUT2D eigenvalue weighted by Gasteiger charge is -2.18. The number of allylic oxidation sites excluding steroid dienone is 2. The van der Waals surface area contributed by atoms with Crippen LogP contribution >= 0.6 is 0 Å². The Labute approximate surface area is 157 Å². The highest BCUT2D eigenvalue weighted by Crippen LogP contribution is 2.15. The Hall–Kier alpha value is -1.15. The van der Waals surface area contributed by atoms with Gasteiger partial charge in [0, 0.05) is 19.8 Å². The van der Waals surface area contributed by atoms with Gasteiger partial charge in [-0.25, -0.2) is 4.79 Å². The van der Waals surface area contributed by atoms with Crippen molar-refractivity contribution in [2.45, 2.75) is 51.0 Å². The van der Waals surface area contributed by atoms with E-state index in [4.69, 9.17) is 24.7 Å². The van der Waals surface area contributed by atoms with Crippen LogP contribution in [0.1, 0.15) is 44.9 Å². The van der Waals surface area contributed by atoms with Crippen LogP contribution in [0.2, 0.25) is 0 Å². The Morgan fingerprint density at radius 2 is 1.58 bits per heavy atom. The molecule has 3 N–H and O–H groups in total.